The molecule has 20 heavy (non-hydrogen) atoms. The van der Waals surface area contributed by atoms with Crippen molar-refractivity contribution in [2.75, 3.05) is 37.6 Å². The number of carbonyl (C=O) groups is 1. The molecule has 8 heteroatoms. The maximum Gasteiger partial charge on any atom is 0.417 e. The molecular formula is C12H15F3N4O. The second-order valence-corrected chi connectivity index (χ2v) is 4.63. The lowest BCUT2D eigenvalue weighted by Crippen LogP contribution is -2.49. The molecule has 1 fully saturated rings. The van der Waals surface area contributed by atoms with E-state index in [4.69, 9.17) is 5.73 Å². The highest BCUT2D eigenvalue weighted by Crippen LogP contribution is 2.29. The molecule has 2 rings (SSSR count). The number of alkyl halides is 3. The fourth-order valence-electron chi connectivity index (χ4n) is 2.10. The monoisotopic (exact) mass is 288 g/mol. The van der Waals surface area contributed by atoms with E-state index in [0.717, 1.165) is 12.3 Å². The molecule has 1 aliphatic rings. The third kappa shape index (κ3) is 3.60. The third-order valence-electron chi connectivity index (χ3n) is 3.15. The summed E-state index contributed by atoms with van der Waals surface area (Å²) in [5, 5.41) is 0. The van der Waals surface area contributed by atoms with Crippen LogP contribution >= 0.6 is 0 Å². The number of nitrogens with two attached hydrogens (primary N) is 1. The highest BCUT2D eigenvalue weighted by atomic mass is 19.4. The number of rotatable bonds is 3. The Morgan fingerprint density at radius 2 is 1.90 bits per heavy atom. The van der Waals surface area contributed by atoms with Crippen LogP contribution in [0.4, 0.5) is 19.0 Å². The quantitative estimate of drug-likeness (QED) is 0.889. The van der Waals surface area contributed by atoms with Gasteiger partial charge in [-0.25, -0.2) is 4.98 Å². The molecule has 1 amide bonds. The van der Waals surface area contributed by atoms with Gasteiger partial charge in [-0.05, 0) is 12.1 Å². The largest absolute Gasteiger partial charge is 0.417 e. The molecule has 0 aromatic carbocycles. The molecule has 110 valence electrons. The molecule has 0 unspecified atom stereocenters. The average molecular weight is 288 g/mol. The van der Waals surface area contributed by atoms with Crippen LogP contribution in [0.1, 0.15) is 5.56 Å². The molecule has 1 aliphatic heterocycles. The maximum absolute atomic E-state index is 12.4. The number of anilines is 1. The zero-order valence-electron chi connectivity index (χ0n) is 10.7. The van der Waals surface area contributed by atoms with E-state index in [1.54, 1.807) is 0 Å². The van der Waals surface area contributed by atoms with Gasteiger partial charge in [-0.2, -0.15) is 13.2 Å². The molecule has 1 saturated heterocycles. The highest BCUT2D eigenvalue weighted by molar-refractivity contribution is 5.75. The van der Waals surface area contributed by atoms with Crippen molar-refractivity contribution < 1.29 is 18.0 Å². The minimum Gasteiger partial charge on any atom is -0.369 e. The summed E-state index contributed by atoms with van der Waals surface area (Å²) in [7, 11) is 0. The van der Waals surface area contributed by atoms with Crippen LogP contribution in [0.3, 0.4) is 0 Å². The van der Waals surface area contributed by atoms with E-state index in [1.165, 1.54) is 6.07 Å². The fourth-order valence-corrected chi connectivity index (χ4v) is 2.10. The Bertz CT molecular complexity index is 467. The predicted molar refractivity (Wildman–Crippen MR) is 67.1 cm³/mol. The summed E-state index contributed by atoms with van der Waals surface area (Å²) in [4.78, 5) is 18.4. The van der Waals surface area contributed by atoms with Gasteiger partial charge in [-0.15, -0.1) is 0 Å². The maximum atomic E-state index is 12.4. The zero-order chi connectivity index (χ0) is 14.8. The molecule has 1 aromatic heterocycles. The van der Waals surface area contributed by atoms with Gasteiger partial charge in [0.25, 0.3) is 0 Å². The standard InChI is InChI=1S/C12H15F3N4O/c13-12(14,15)9-1-2-11(17-7-9)19-5-3-18(4-6-19)8-10(16)20/h1-2,7H,3-6,8H2,(H2,16,20). The normalized spacial score (nSPS) is 17.2. The van der Waals surface area contributed by atoms with Crippen LogP contribution in [-0.2, 0) is 11.0 Å². The van der Waals surface area contributed by atoms with Gasteiger partial charge < -0.3 is 10.6 Å². The van der Waals surface area contributed by atoms with Gasteiger partial charge in [0.2, 0.25) is 5.91 Å². The van der Waals surface area contributed by atoms with Crippen LogP contribution in [-0.4, -0.2) is 48.5 Å². The summed E-state index contributed by atoms with van der Waals surface area (Å²) >= 11 is 0. The molecule has 0 bridgehead atoms. The van der Waals surface area contributed by atoms with E-state index in [0.29, 0.717) is 32.0 Å². The second-order valence-electron chi connectivity index (χ2n) is 4.63. The van der Waals surface area contributed by atoms with Crippen molar-refractivity contribution in [1.82, 2.24) is 9.88 Å². The van der Waals surface area contributed by atoms with Crippen molar-refractivity contribution in [2.24, 2.45) is 5.73 Å². The van der Waals surface area contributed by atoms with E-state index >= 15 is 0 Å². The number of hydrogen-bond donors (Lipinski definition) is 1. The van der Waals surface area contributed by atoms with Crippen molar-refractivity contribution >= 4 is 11.7 Å². The number of aromatic nitrogens is 1. The summed E-state index contributed by atoms with van der Waals surface area (Å²) in [6.07, 6.45) is -3.53. The number of primary amides is 1. The van der Waals surface area contributed by atoms with Gasteiger partial charge in [-0.3, -0.25) is 9.69 Å². The summed E-state index contributed by atoms with van der Waals surface area (Å²) < 4.78 is 37.3. The van der Waals surface area contributed by atoms with Gasteiger partial charge in [0.1, 0.15) is 5.82 Å². The lowest BCUT2D eigenvalue weighted by atomic mass is 10.2. The molecule has 0 saturated carbocycles. The number of amides is 1. The van der Waals surface area contributed by atoms with Gasteiger partial charge in [0.05, 0.1) is 12.1 Å². The van der Waals surface area contributed by atoms with Gasteiger partial charge in [0, 0.05) is 32.4 Å². The topological polar surface area (TPSA) is 62.5 Å². The first-order valence-corrected chi connectivity index (χ1v) is 6.15. The van der Waals surface area contributed by atoms with Crippen LogP contribution < -0.4 is 10.6 Å². The molecular weight excluding hydrogens is 273 g/mol. The van der Waals surface area contributed by atoms with E-state index in [9.17, 15) is 18.0 Å². The first-order chi connectivity index (χ1) is 9.36. The van der Waals surface area contributed by atoms with Crippen LogP contribution in [0.2, 0.25) is 0 Å². The molecule has 1 aromatic rings. The first kappa shape index (κ1) is 14.6. The summed E-state index contributed by atoms with van der Waals surface area (Å²) in [5.74, 6) is 0.128. The second kappa shape index (κ2) is 5.66. The Morgan fingerprint density at radius 1 is 1.25 bits per heavy atom. The number of carbonyl (C=O) groups excluding carboxylic acids is 1. The molecule has 0 aliphatic carbocycles. The lowest BCUT2D eigenvalue weighted by molar-refractivity contribution is -0.137. The lowest BCUT2D eigenvalue weighted by Gasteiger charge is -2.34. The Labute approximate surface area is 114 Å². The van der Waals surface area contributed by atoms with Gasteiger partial charge in [-0.1, -0.05) is 0 Å². The molecule has 2 heterocycles. The minimum atomic E-state index is -4.37. The van der Waals surface area contributed by atoms with Crippen LogP contribution in [0, 0.1) is 0 Å². The van der Waals surface area contributed by atoms with Crippen molar-refractivity contribution in [1.29, 1.82) is 0 Å². The van der Waals surface area contributed by atoms with Crippen LogP contribution in [0.25, 0.3) is 0 Å². The van der Waals surface area contributed by atoms with E-state index in [2.05, 4.69) is 4.98 Å². The first-order valence-electron chi connectivity index (χ1n) is 6.15. The summed E-state index contributed by atoms with van der Waals surface area (Å²) in [6.45, 7) is 2.67. The predicted octanol–water partition coefficient (Wildman–Crippen LogP) is 0.708. The Hall–Kier alpha value is -1.83. The van der Waals surface area contributed by atoms with E-state index in [1.807, 2.05) is 9.80 Å². The van der Waals surface area contributed by atoms with Crippen LogP contribution in [0.15, 0.2) is 18.3 Å². The Morgan fingerprint density at radius 3 is 2.35 bits per heavy atom. The smallest absolute Gasteiger partial charge is 0.369 e. The Kier molecular flexibility index (Phi) is 4.12. The average Bonchev–Trinajstić information content (AvgIpc) is 2.38. The molecule has 0 spiro atoms. The van der Waals surface area contributed by atoms with Gasteiger partial charge in [0.15, 0.2) is 0 Å². The summed E-state index contributed by atoms with van der Waals surface area (Å²) in [5.41, 5.74) is 4.36. The third-order valence-corrected chi connectivity index (χ3v) is 3.15. The number of piperazine rings is 1. The van der Waals surface area contributed by atoms with Crippen molar-refractivity contribution in [3.8, 4) is 0 Å². The molecule has 2 N–H and O–H groups in total. The van der Waals surface area contributed by atoms with Gasteiger partial charge >= 0.3 is 6.18 Å². The van der Waals surface area contributed by atoms with Crippen LogP contribution in [0.5, 0.6) is 0 Å². The fraction of sp³-hybridized carbons (Fsp3) is 0.500. The molecule has 5 nitrogen and oxygen atoms in total. The summed E-state index contributed by atoms with van der Waals surface area (Å²) in [6, 6.07) is 2.39. The number of halogens is 3. The van der Waals surface area contributed by atoms with Crippen molar-refractivity contribution in [3.63, 3.8) is 0 Å². The number of pyridine rings is 1. The number of hydrogen-bond acceptors (Lipinski definition) is 4. The minimum absolute atomic E-state index is 0.203. The zero-order valence-corrected chi connectivity index (χ0v) is 10.7. The molecule has 0 radical (unpaired) electrons. The Balaban J connectivity index is 1.95. The highest BCUT2D eigenvalue weighted by Gasteiger charge is 2.31. The SMILES string of the molecule is NC(=O)CN1CCN(c2ccc(C(F)(F)F)cn2)CC1. The van der Waals surface area contributed by atoms with Crippen molar-refractivity contribution in [2.45, 2.75) is 6.18 Å². The van der Waals surface area contributed by atoms with E-state index < -0.39 is 11.7 Å². The van der Waals surface area contributed by atoms with Crippen molar-refractivity contribution in [3.05, 3.63) is 23.9 Å². The van der Waals surface area contributed by atoms with E-state index in [-0.39, 0.29) is 12.5 Å². The number of nitrogens with zero attached hydrogens (tertiary/aromatic N) is 3. The molecule has 0 atom stereocenters.